The van der Waals surface area contributed by atoms with Crippen LogP contribution in [0.3, 0.4) is 0 Å². The molecule has 5 heteroatoms. The Bertz CT molecular complexity index is 743. The number of amides is 1. The Morgan fingerprint density at radius 3 is 2.62 bits per heavy atom. The largest absolute Gasteiger partial charge is 0.497 e. The first-order valence-electron chi connectivity index (χ1n) is 7.49. The minimum Gasteiger partial charge on any atom is -0.497 e. The molecular formula is C19H20ClNO3. The summed E-state index contributed by atoms with van der Waals surface area (Å²) in [5.41, 5.74) is 1.71. The average molecular weight is 346 g/mol. The van der Waals surface area contributed by atoms with E-state index in [0.29, 0.717) is 16.5 Å². The fourth-order valence-electron chi connectivity index (χ4n) is 2.30. The highest BCUT2D eigenvalue weighted by Gasteiger charge is 2.14. The molecule has 0 aliphatic rings. The third kappa shape index (κ3) is 4.77. The van der Waals surface area contributed by atoms with Crippen molar-refractivity contribution in [2.45, 2.75) is 13.0 Å². The number of benzene rings is 2. The molecule has 2 rings (SSSR count). The van der Waals surface area contributed by atoms with Crippen LogP contribution in [-0.2, 0) is 4.79 Å². The number of nitrogens with one attached hydrogen (secondary N) is 1. The maximum Gasteiger partial charge on any atom is 0.244 e. The zero-order chi connectivity index (χ0) is 17.5. The maximum absolute atomic E-state index is 12.1. The Morgan fingerprint density at radius 1 is 1.17 bits per heavy atom. The summed E-state index contributed by atoms with van der Waals surface area (Å²) in [5.74, 6) is 1.20. The number of halogens is 1. The van der Waals surface area contributed by atoms with Crippen molar-refractivity contribution >= 4 is 23.6 Å². The Hall–Kier alpha value is -2.46. The van der Waals surface area contributed by atoms with Crippen LogP contribution in [0.25, 0.3) is 6.08 Å². The Balaban J connectivity index is 2.08. The standard InChI is InChI=1S/C19H20ClNO3/c1-13(17-12-16(23-2)8-9-18(17)24-3)21-19(22)10-7-14-5-4-6-15(20)11-14/h4-13H,1-3H3,(H,21,22)/b10-7+. The van der Waals surface area contributed by atoms with Gasteiger partial charge in [-0.25, -0.2) is 0 Å². The second-order valence-corrected chi connectivity index (χ2v) is 5.66. The van der Waals surface area contributed by atoms with Gasteiger partial charge in [-0.2, -0.15) is 0 Å². The molecule has 0 saturated heterocycles. The maximum atomic E-state index is 12.1. The predicted octanol–water partition coefficient (Wildman–Crippen LogP) is 4.25. The van der Waals surface area contributed by atoms with E-state index in [1.807, 2.05) is 37.3 Å². The predicted molar refractivity (Wildman–Crippen MR) is 96.6 cm³/mol. The van der Waals surface area contributed by atoms with Gasteiger partial charge in [0, 0.05) is 16.7 Å². The number of ether oxygens (including phenoxy) is 2. The van der Waals surface area contributed by atoms with E-state index in [1.165, 1.54) is 6.08 Å². The van der Waals surface area contributed by atoms with Crippen LogP contribution in [0.15, 0.2) is 48.5 Å². The van der Waals surface area contributed by atoms with Crippen molar-refractivity contribution in [1.82, 2.24) is 5.32 Å². The lowest BCUT2D eigenvalue weighted by molar-refractivity contribution is -0.117. The Morgan fingerprint density at radius 2 is 1.96 bits per heavy atom. The lowest BCUT2D eigenvalue weighted by Gasteiger charge is -2.17. The lowest BCUT2D eigenvalue weighted by atomic mass is 10.1. The number of methoxy groups -OCH3 is 2. The van der Waals surface area contributed by atoms with Crippen LogP contribution < -0.4 is 14.8 Å². The quantitative estimate of drug-likeness (QED) is 0.796. The van der Waals surface area contributed by atoms with E-state index in [1.54, 1.807) is 32.4 Å². The first kappa shape index (κ1) is 17.9. The Labute approximate surface area is 147 Å². The van der Waals surface area contributed by atoms with E-state index in [9.17, 15) is 4.79 Å². The number of carbonyl (C=O) groups excluding carboxylic acids is 1. The summed E-state index contributed by atoms with van der Waals surface area (Å²) >= 11 is 5.93. The molecule has 0 aliphatic heterocycles. The summed E-state index contributed by atoms with van der Waals surface area (Å²) in [5, 5.41) is 3.54. The van der Waals surface area contributed by atoms with Gasteiger partial charge in [-0.1, -0.05) is 23.7 Å². The van der Waals surface area contributed by atoms with Crippen molar-refractivity contribution < 1.29 is 14.3 Å². The van der Waals surface area contributed by atoms with Crippen molar-refractivity contribution in [3.63, 3.8) is 0 Å². The molecule has 1 atom stereocenters. The van der Waals surface area contributed by atoms with Gasteiger partial charge < -0.3 is 14.8 Å². The van der Waals surface area contributed by atoms with Gasteiger partial charge in [-0.15, -0.1) is 0 Å². The summed E-state index contributed by atoms with van der Waals surface area (Å²) in [6.07, 6.45) is 3.20. The topological polar surface area (TPSA) is 47.6 Å². The molecular weight excluding hydrogens is 326 g/mol. The molecule has 1 N–H and O–H groups in total. The molecule has 4 nitrogen and oxygen atoms in total. The average Bonchev–Trinajstić information content (AvgIpc) is 2.59. The fraction of sp³-hybridized carbons (Fsp3) is 0.211. The van der Waals surface area contributed by atoms with Crippen molar-refractivity contribution in [2.24, 2.45) is 0 Å². The number of hydrogen-bond acceptors (Lipinski definition) is 3. The van der Waals surface area contributed by atoms with Crippen LogP contribution in [0, 0.1) is 0 Å². The zero-order valence-corrected chi connectivity index (χ0v) is 14.6. The van der Waals surface area contributed by atoms with E-state index in [-0.39, 0.29) is 11.9 Å². The third-order valence-electron chi connectivity index (χ3n) is 3.54. The highest BCUT2D eigenvalue weighted by atomic mass is 35.5. The van der Waals surface area contributed by atoms with Gasteiger partial charge in [0.1, 0.15) is 11.5 Å². The van der Waals surface area contributed by atoms with Crippen molar-refractivity contribution in [2.75, 3.05) is 14.2 Å². The van der Waals surface area contributed by atoms with Gasteiger partial charge >= 0.3 is 0 Å². The van der Waals surface area contributed by atoms with E-state index < -0.39 is 0 Å². The van der Waals surface area contributed by atoms with E-state index in [2.05, 4.69) is 5.32 Å². The smallest absolute Gasteiger partial charge is 0.244 e. The Kier molecular flexibility index (Phi) is 6.27. The fourth-order valence-corrected chi connectivity index (χ4v) is 2.50. The van der Waals surface area contributed by atoms with Crippen molar-refractivity contribution in [3.05, 3.63) is 64.7 Å². The second kappa shape index (κ2) is 8.41. The first-order chi connectivity index (χ1) is 11.5. The molecule has 2 aromatic carbocycles. The van der Waals surface area contributed by atoms with Crippen LogP contribution in [0.4, 0.5) is 0 Å². The monoisotopic (exact) mass is 345 g/mol. The molecule has 0 spiro atoms. The normalized spacial score (nSPS) is 12.0. The molecule has 0 heterocycles. The van der Waals surface area contributed by atoms with Crippen molar-refractivity contribution in [3.8, 4) is 11.5 Å². The second-order valence-electron chi connectivity index (χ2n) is 5.23. The van der Waals surface area contributed by atoms with Crippen LogP contribution in [0.5, 0.6) is 11.5 Å². The van der Waals surface area contributed by atoms with Gasteiger partial charge in [0.25, 0.3) is 0 Å². The lowest BCUT2D eigenvalue weighted by Crippen LogP contribution is -2.25. The molecule has 0 fully saturated rings. The van der Waals surface area contributed by atoms with Crippen LogP contribution in [-0.4, -0.2) is 20.1 Å². The van der Waals surface area contributed by atoms with Crippen LogP contribution in [0.1, 0.15) is 24.1 Å². The van der Waals surface area contributed by atoms with Gasteiger partial charge in [0.2, 0.25) is 5.91 Å². The molecule has 2 aromatic rings. The summed E-state index contributed by atoms with van der Waals surface area (Å²) in [4.78, 5) is 12.1. The SMILES string of the molecule is COc1ccc(OC)c(C(C)NC(=O)/C=C/c2cccc(Cl)c2)c1. The summed E-state index contributed by atoms with van der Waals surface area (Å²) < 4.78 is 10.6. The number of rotatable bonds is 6. The van der Waals surface area contributed by atoms with Gasteiger partial charge in [-0.05, 0) is 48.9 Å². The summed E-state index contributed by atoms with van der Waals surface area (Å²) in [7, 11) is 3.20. The number of hydrogen-bond donors (Lipinski definition) is 1. The molecule has 0 bridgehead atoms. The van der Waals surface area contributed by atoms with E-state index in [4.69, 9.17) is 21.1 Å². The van der Waals surface area contributed by atoms with Gasteiger partial charge in [0.05, 0.1) is 20.3 Å². The molecule has 1 amide bonds. The summed E-state index contributed by atoms with van der Waals surface area (Å²) in [6.45, 7) is 1.89. The molecule has 0 radical (unpaired) electrons. The van der Waals surface area contributed by atoms with Crippen LogP contribution >= 0.6 is 11.6 Å². The molecule has 1 unspecified atom stereocenters. The summed E-state index contributed by atoms with van der Waals surface area (Å²) in [6, 6.07) is 12.6. The molecule has 0 saturated carbocycles. The zero-order valence-electron chi connectivity index (χ0n) is 13.9. The third-order valence-corrected chi connectivity index (χ3v) is 3.77. The molecule has 126 valence electrons. The van der Waals surface area contributed by atoms with E-state index >= 15 is 0 Å². The van der Waals surface area contributed by atoms with E-state index in [0.717, 1.165) is 11.1 Å². The highest BCUT2D eigenvalue weighted by Crippen LogP contribution is 2.29. The molecule has 24 heavy (non-hydrogen) atoms. The minimum atomic E-state index is -0.230. The number of carbonyl (C=O) groups is 1. The first-order valence-corrected chi connectivity index (χ1v) is 7.87. The van der Waals surface area contributed by atoms with Gasteiger partial charge in [0.15, 0.2) is 0 Å². The molecule has 0 aliphatic carbocycles. The van der Waals surface area contributed by atoms with Crippen LogP contribution in [0.2, 0.25) is 5.02 Å². The minimum absolute atomic E-state index is 0.202. The van der Waals surface area contributed by atoms with Gasteiger partial charge in [-0.3, -0.25) is 4.79 Å². The van der Waals surface area contributed by atoms with Crippen molar-refractivity contribution in [1.29, 1.82) is 0 Å². The molecule has 0 aromatic heterocycles. The highest BCUT2D eigenvalue weighted by molar-refractivity contribution is 6.30.